The Bertz CT molecular complexity index is 917. The van der Waals surface area contributed by atoms with E-state index in [1.165, 1.54) is 34.5 Å². The lowest BCUT2D eigenvalue weighted by Crippen LogP contribution is -2.34. The number of hydrogen-bond donors (Lipinski definition) is 0. The summed E-state index contributed by atoms with van der Waals surface area (Å²) in [4.78, 5) is 14.3. The van der Waals surface area contributed by atoms with Crippen LogP contribution in [0.5, 0.6) is 5.75 Å². The summed E-state index contributed by atoms with van der Waals surface area (Å²) in [5.41, 5.74) is 0.141. The maximum atomic E-state index is 12.8. The first-order valence-corrected chi connectivity index (χ1v) is 10.7. The van der Waals surface area contributed by atoms with Crippen molar-refractivity contribution in [1.29, 1.82) is 0 Å². The Hall–Kier alpha value is -2.09. The van der Waals surface area contributed by atoms with E-state index in [0.717, 1.165) is 0 Å². The zero-order valence-electron chi connectivity index (χ0n) is 16.4. The molecule has 0 aliphatic carbocycles. The number of carbonyl (C=O) groups is 1. The van der Waals surface area contributed by atoms with E-state index in [4.69, 9.17) is 16.3 Å². The summed E-state index contributed by atoms with van der Waals surface area (Å²) >= 11 is 6.17. The highest BCUT2D eigenvalue weighted by molar-refractivity contribution is 7.89. The number of carbonyl (C=O) groups excluding carboxylic acids is 1. The first-order valence-electron chi connectivity index (χ1n) is 8.85. The van der Waals surface area contributed by atoms with Crippen LogP contribution in [-0.2, 0) is 10.0 Å². The van der Waals surface area contributed by atoms with Crippen molar-refractivity contribution in [3.8, 4) is 5.75 Å². The molecule has 0 fully saturated rings. The SMILES string of the molecule is CC(C)N(C)S(=O)(=O)c1ccc(Cl)c(C(=O)N(C)CCOc2ccccc2)c1. The van der Waals surface area contributed by atoms with Gasteiger partial charge in [0.1, 0.15) is 12.4 Å². The van der Waals surface area contributed by atoms with Gasteiger partial charge in [0.2, 0.25) is 10.0 Å². The van der Waals surface area contributed by atoms with Crippen molar-refractivity contribution in [3.63, 3.8) is 0 Å². The van der Waals surface area contributed by atoms with E-state index in [9.17, 15) is 13.2 Å². The first-order chi connectivity index (χ1) is 13.1. The molecule has 0 heterocycles. The zero-order valence-corrected chi connectivity index (χ0v) is 18.0. The minimum atomic E-state index is -3.71. The Labute approximate surface area is 171 Å². The number of halogens is 1. The average molecular weight is 425 g/mol. The third-order valence-corrected chi connectivity index (χ3v) is 6.72. The highest BCUT2D eigenvalue weighted by Crippen LogP contribution is 2.24. The topological polar surface area (TPSA) is 66.9 Å². The van der Waals surface area contributed by atoms with Gasteiger partial charge in [-0.2, -0.15) is 4.31 Å². The number of nitrogens with zero attached hydrogens (tertiary/aromatic N) is 2. The molecule has 0 atom stereocenters. The van der Waals surface area contributed by atoms with Crippen LogP contribution >= 0.6 is 11.6 Å². The van der Waals surface area contributed by atoms with Gasteiger partial charge in [0, 0.05) is 20.1 Å². The van der Waals surface area contributed by atoms with Crippen molar-refractivity contribution >= 4 is 27.5 Å². The van der Waals surface area contributed by atoms with E-state index in [-0.39, 0.29) is 27.4 Å². The fraction of sp³-hybridized carbons (Fsp3) is 0.350. The lowest BCUT2D eigenvalue weighted by Gasteiger charge is -2.22. The third-order valence-electron chi connectivity index (χ3n) is 4.36. The number of sulfonamides is 1. The second-order valence-electron chi connectivity index (χ2n) is 6.64. The van der Waals surface area contributed by atoms with Crippen LogP contribution in [0.3, 0.4) is 0 Å². The Balaban J connectivity index is 2.14. The molecule has 28 heavy (non-hydrogen) atoms. The summed E-state index contributed by atoms with van der Waals surface area (Å²) in [6, 6.07) is 13.2. The van der Waals surface area contributed by atoms with Crippen molar-refractivity contribution in [2.24, 2.45) is 0 Å². The van der Waals surface area contributed by atoms with Crippen LogP contribution in [0.1, 0.15) is 24.2 Å². The number of hydrogen-bond acceptors (Lipinski definition) is 4. The highest BCUT2D eigenvalue weighted by Gasteiger charge is 2.25. The van der Waals surface area contributed by atoms with E-state index < -0.39 is 10.0 Å². The van der Waals surface area contributed by atoms with Crippen molar-refractivity contribution in [3.05, 3.63) is 59.1 Å². The molecule has 0 unspecified atom stereocenters. The fourth-order valence-electron chi connectivity index (χ4n) is 2.40. The quantitative estimate of drug-likeness (QED) is 0.650. The molecular formula is C20H25ClN2O4S. The first kappa shape index (κ1) is 22.2. The van der Waals surface area contributed by atoms with Crippen LogP contribution in [0.2, 0.25) is 5.02 Å². The lowest BCUT2D eigenvalue weighted by molar-refractivity contribution is 0.0773. The van der Waals surface area contributed by atoms with Crippen LogP contribution in [0, 0.1) is 0 Å². The van der Waals surface area contributed by atoms with Crippen LogP contribution in [0.4, 0.5) is 0 Å². The van der Waals surface area contributed by atoms with E-state index in [2.05, 4.69) is 0 Å². The average Bonchev–Trinajstić information content (AvgIpc) is 2.67. The molecule has 8 heteroatoms. The van der Waals surface area contributed by atoms with Gasteiger partial charge < -0.3 is 9.64 Å². The van der Waals surface area contributed by atoms with Gasteiger partial charge in [-0.15, -0.1) is 0 Å². The van der Waals surface area contributed by atoms with E-state index in [1.807, 2.05) is 30.3 Å². The number of likely N-dealkylation sites (N-methyl/N-ethyl adjacent to an activating group) is 1. The Morgan fingerprint density at radius 1 is 1.11 bits per heavy atom. The molecule has 0 aliphatic heterocycles. The van der Waals surface area contributed by atoms with Crippen molar-refractivity contribution in [1.82, 2.24) is 9.21 Å². The molecule has 0 saturated heterocycles. The van der Waals surface area contributed by atoms with Crippen molar-refractivity contribution in [2.45, 2.75) is 24.8 Å². The largest absolute Gasteiger partial charge is 0.492 e. The molecule has 152 valence electrons. The molecule has 2 aromatic carbocycles. The van der Waals surface area contributed by atoms with Gasteiger partial charge >= 0.3 is 0 Å². The number of benzene rings is 2. The monoisotopic (exact) mass is 424 g/mol. The van der Waals surface area contributed by atoms with Gasteiger partial charge in [0.15, 0.2) is 0 Å². The molecule has 0 aromatic heterocycles. The van der Waals surface area contributed by atoms with E-state index in [1.54, 1.807) is 20.9 Å². The normalized spacial score (nSPS) is 11.7. The van der Waals surface area contributed by atoms with Gasteiger partial charge in [-0.25, -0.2) is 8.42 Å². The molecule has 0 aliphatic rings. The highest BCUT2D eigenvalue weighted by atomic mass is 35.5. The minimum absolute atomic E-state index is 0.0328. The predicted octanol–water partition coefficient (Wildman–Crippen LogP) is 3.52. The maximum absolute atomic E-state index is 12.8. The van der Waals surface area contributed by atoms with Gasteiger partial charge in [-0.3, -0.25) is 4.79 Å². The predicted molar refractivity (Wildman–Crippen MR) is 110 cm³/mol. The standard InChI is InChI=1S/C20H25ClN2O4S/c1-15(2)23(4)28(25,26)17-10-11-19(21)18(14-17)20(24)22(3)12-13-27-16-8-6-5-7-9-16/h5-11,14-15H,12-13H2,1-4H3. The third kappa shape index (κ3) is 5.25. The molecule has 6 nitrogen and oxygen atoms in total. The minimum Gasteiger partial charge on any atom is -0.492 e. The molecule has 1 amide bonds. The molecule has 0 bridgehead atoms. The molecule has 2 rings (SSSR count). The zero-order chi connectivity index (χ0) is 20.9. The summed E-state index contributed by atoms with van der Waals surface area (Å²) in [6.07, 6.45) is 0. The smallest absolute Gasteiger partial charge is 0.255 e. The summed E-state index contributed by atoms with van der Waals surface area (Å²) in [5, 5.41) is 0.201. The summed E-state index contributed by atoms with van der Waals surface area (Å²) < 4.78 is 32.2. The Morgan fingerprint density at radius 3 is 2.36 bits per heavy atom. The van der Waals surface area contributed by atoms with Crippen LogP contribution in [0.15, 0.2) is 53.4 Å². The van der Waals surface area contributed by atoms with Crippen molar-refractivity contribution in [2.75, 3.05) is 27.2 Å². The van der Waals surface area contributed by atoms with Crippen LogP contribution in [-0.4, -0.2) is 56.8 Å². The van der Waals surface area contributed by atoms with Crippen LogP contribution < -0.4 is 4.74 Å². The van der Waals surface area contributed by atoms with Gasteiger partial charge in [0.25, 0.3) is 5.91 Å². The molecule has 0 radical (unpaired) electrons. The number of rotatable bonds is 8. The molecule has 0 saturated carbocycles. The molecule has 2 aromatic rings. The Kier molecular flexibility index (Phi) is 7.46. The van der Waals surface area contributed by atoms with Gasteiger partial charge in [-0.1, -0.05) is 29.8 Å². The lowest BCUT2D eigenvalue weighted by atomic mass is 10.2. The van der Waals surface area contributed by atoms with E-state index >= 15 is 0 Å². The van der Waals surface area contributed by atoms with Crippen LogP contribution in [0.25, 0.3) is 0 Å². The summed E-state index contributed by atoms with van der Waals surface area (Å²) in [5.74, 6) is 0.345. The van der Waals surface area contributed by atoms with Crippen molar-refractivity contribution < 1.29 is 17.9 Å². The summed E-state index contributed by atoms with van der Waals surface area (Å²) in [7, 11) is -0.588. The maximum Gasteiger partial charge on any atom is 0.255 e. The number of ether oxygens (including phenoxy) is 1. The molecule has 0 N–H and O–H groups in total. The van der Waals surface area contributed by atoms with Gasteiger partial charge in [-0.05, 0) is 44.2 Å². The fourth-order valence-corrected chi connectivity index (χ4v) is 3.99. The molecular weight excluding hydrogens is 400 g/mol. The van der Waals surface area contributed by atoms with Gasteiger partial charge in [0.05, 0.1) is 22.0 Å². The second-order valence-corrected chi connectivity index (χ2v) is 9.05. The van der Waals surface area contributed by atoms with E-state index in [0.29, 0.717) is 18.9 Å². The molecule has 0 spiro atoms. The Morgan fingerprint density at radius 2 is 1.75 bits per heavy atom. The summed E-state index contributed by atoms with van der Waals surface area (Å²) in [6.45, 7) is 4.19. The number of amides is 1. The second kappa shape index (κ2) is 9.41. The number of para-hydroxylation sites is 1.